The van der Waals surface area contributed by atoms with Gasteiger partial charge in [-0.1, -0.05) is 12.1 Å². The van der Waals surface area contributed by atoms with Crippen LogP contribution in [-0.4, -0.2) is 54.9 Å². The van der Waals surface area contributed by atoms with Gasteiger partial charge in [0.05, 0.1) is 12.7 Å². The highest BCUT2D eigenvalue weighted by Gasteiger charge is 2.23. The molecule has 0 spiro atoms. The van der Waals surface area contributed by atoms with Crippen LogP contribution in [0.15, 0.2) is 48.5 Å². The quantitative estimate of drug-likeness (QED) is 0.763. The van der Waals surface area contributed by atoms with Gasteiger partial charge >= 0.3 is 0 Å². The molecule has 7 heteroatoms. The van der Waals surface area contributed by atoms with Crippen molar-refractivity contribution in [1.82, 2.24) is 4.90 Å². The number of morpholine rings is 1. The van der Waals surface area contributed by atoms with Gasteiger partial charge in [-0.05, 0) is 42.0 Å². The van der Waals surface area contributed by atoms with Gasteiger partial charge in [0.2, 0.25) is 5.91 Å². The molecule has 2 atom stereocenters. The molecule has 2 aromatic rings. The van der Waals surface area contributed by atoms with E-state index in [0.29, 0.717) is 31.1 Å². The second kappa shape index (κ2) is 9.64. The Bertz CT molecular complexity index is 767. The molecule has 0 bridgehead atoms. The maximum Gasteiger partial charge on any atom is 0.221 e. The Labute approximate surface area is 163 Å². The Morgan fingerprint density at radius 2 is 2.00 bits per heavy atom. The van der Waals surface area contributed by atoms with Gasteiger partial charge in [0.1, 0.15) is 24.3 Å². The van der Waals surface area contributed by atoms with Crippen molar-refractivity contribution < 1.29 is 23.8 Å². The molecule has 150 valence electrons. The van der Waals surface area contributed by atoms with E-state index in [-0.39, 0.29) is 24.4 Å². The van der Waals surface area contributed by atoms with Crippen molar-refractivity contribution in [2.75, 3.05) is 38.2 Å². The standard InChI is InChI=1S/C21H25FN2O4/c1-15(25)23-18-6-8-20(9-7-18)28-14-19(26)12-24-10-11-27-21(13-24)16-2-4-17(22)5-3-16/h2-9,19,21,26H,10-14H2,1H3,(H,23,25)/t19-,21+/m0/s1. The molecule has 28 heavy (non-hydrogen) atoms. The number of carbonyl (C=O) groups is 1. The fourth-order valence-corrected chi connectivity index (χ4v) is 3.13. The van der Waals surface area contributed by atoms with E-state index in [2.05, 4.69) is 10.2 Å². The first kappa shape index (κ1) is 20.3. The first-order valence-corrected chi connectivity index (χ1v) is 9.27. The number of hydrogen-bond donors (Lipinski definition) is 2. The molecule has 1 saturated heterocycles. The van der Waals surface area contributed by atoms with E-state index in [1.807, 2.05) is 0 Å². The number of aliphatic hydroxyl groups is 1. The lowest BCUT2D eigenvalue weighted by Crippen LogP contribution is -2.43. The Kier molecular flexibility index (Phi) is 6.97. The summed E-state index contributed by atoms with van der Waals surface area (Å²) in [4.78, 5) is 13.1. The Balaban J connectivity index is 1.45. The minimum absolute atomic E-state index is 0.131. The summed E-state index contributed by atoms with van der Waals surface area (Å²) in [6, 6.07) is 13.3. The molecule has 1 aliphatic rings. The zero-order valence-electron chi connectivity index (χ0n) is 15.8. The minimum atomic E-state index is -0.651. The van der Waals surface area contributed by atoms with E-state index in [1.165, 1.54) is 19.1 Å². The number of nitrogens with one attached hydrogen (secondary N) is 1. The highest BCUT2D eigenvalue weighted by molar-refractivity contribution is 5.88. The summed E-state index contributed by atoms with van der Waals surface area (Å²) in [5.41, 5.74) is 1.62. The fraction of sp³-hybridized carbons (Fsp3) is 0.381. The monoisotopic (exact) mass is 388 g/mol. The Morgan fingerprint density at radius 1 is 1.29 bits per heavy atom. The van der Waals surface area contributed by atoms with Crippen molar-refractivity contribution in [3.63, 3.8) is 0 Å². The predicted molar refractivity (Wildman–Crippen MR) is 104 cm³/mol. The van der Waals surface area contributed by atoms with Crippen molar-refractivity contribution in [3.8, 4) is 5.75 Å². The zero-order chi connectivity index (χ0) is 19.9. The summed E-state index contributed by atoms with van der Waals surface area (Å²) in [7, 11) is 0. The third-order valence-electron chi connectivity index (χ3n) is 4.48. The van der Waals surface area contributed by atoms with E-state index in [0.717, 1.165) is 12.1 Å². The van der Waals surface area contributed by atoms with Crippen LogP contribution in [-0.2, 0) is 9.53 Å². The molecule has 0 saturated carbocycles. The third kappa shape index (κ3) is 6.02. The third-order valence-corrected chi connectivity index (χ3v) is 4.48. The number of benzene rings is 2. The number of β-amino-alcohol motifs (C(OH)–C–C–N with tert-alkyl or cyclic N) is 1. The van der Waals surface area contributed by atoms with Crippen LogP contribution in [0.25, 0.3) is 0 Å². The largest absolute Gasteiger partial charge is 0.491 e. The van der Waals surface area contributed by atoms with Gasteiger partial charge in [0, 0.05) is 32.2 Å². The minimum Gasteiger partial charge on any atom is -0.491 e. The van der Waals surface area contributed by atoms with Gasteiger partial charge < -0.3 is 19.9 Å². The molecule has 1 amide bonds. The molecular weight excluding hydrogens is 363 g/mol. The van der Waals surface area contributed by atoms with Crippen molar-refractivity contribution in [3.05, 3.63) is 59.9 Å². The highest BCUT2D eigenvalue weighted by Crippen LogP contribution is 2.22. The molecule has 6 nitrogen and oxygen atoms in total. The van der Waals surface area contributed by atoms with Gasteiger partial charge in [0.25, 0.3) is 0 Å². The van der Waals surface area contributed by atoms with Crippen molar-refractivity contribution in [2.45, 2.75) is 19.1 Å². The maximum absolute atomic E-state index is 13.1. The number of anilines is 1. The molecule has 0 radical (unpaired) electrons. The molecule has 1 fully saturated rings. The number of amides is 1. The second-order valence-corrected chi connectivity index (χ2v) is 6.84. The summed E-state index contributed by atoms with van der Waals surface area (Å²) < 4.78 is 24.5. The highest BCUT2D eigenvalue weighted by atomic mass is 19.1. The van der Waals surface area contributed by atoms with Crippen molar-refractivity contribution in [2.24, 2.45) is 0 Å². The normalized spacial score (nSPS) is 18.5. The van der Waals surface area contributed by atoms with Gasteiger partial charge in [-0.3, -0.25) is 9.69 Å². The molecule has 1 aliphatic heterocycles. The fourth-order valence-electron chi connectivity index (χ4n) is 3.13. The molecular formula is C21H25FN2O4. The summed E-state index contributed by atoms with van der Waals surface area (Å²) in [6.45, 7) is 3.99. The number of carbonyl (C=O) groups excluding carboxylic acids is 1. The van der Waals surface area contributed by atoms with E-state index >= 15 is 0 Å². The first-order valence-electron chi connectivity index (χ1n) is 9.27. The molecule has 2 N–H and O–H groups in total. The van der Waals surface area contributed by atoms with Gasteiger partial charge in [-0.25, -0.2) is 4.39 Å². The number of rotatable bonds is 7. The summed E-state index contributed by atoms with van der Waals surface area (Å²) >= 11 is 0. The summed E-state index contributed by atoms with van der Waals surface area (Å²) in [5.74, 6) is 0.224. The van der Waals surface area contributed by atoms with Crippen LogP contribution in [0.5, 0.6) is 5.75 Å². The number of hydrogen-bond acceptors (Lipinski definition) is 5. The Morgan fingerprint density at radius 3 is 2.68 bits per heavy atom. The number of halogens is 1. The average molecular weight is 388 g/mol. The SMILES string of the molecule is CC(=O)Nc1ccc(OC[C@@H](O)CN2CCO[C@@H](c3ccc(F)cc3)C2)cc1. The summed E-state index contributed by atoms with van der Waals surface area (Å²) in [6.07, 6.45) is -0.786. The van der Waals surface area contributed by atoms with Crippen LogP contribution in [0.1, 0.15) is 18.6 Å². The molecule has 3 rings (SSSR count). The van der Waals surface area contributed by atoms with Gasteiger partial charge in [-0.2, -0.15) is 0 Å². The number of nitrogens with zero attached hydrogens (tertiary/aromatic N) is 1. The van der Waals surface area contributed by atoms with E-state index in [9.17, 15) is 14.3 Å². The van der Waals surface area contributed by atoms with Gasteiger partial charge in [0.15, 0.2) is 0 Å². The molecule has 1 heterocycles. The van der Waals surface area contributed by atoms with E-state index in [4.69, 9.17) is 9.47 Å². The topological polar surface area (TPSA) is 71.0 Å². The zero-order valence-corrected chi connectivity index (χ0v) is 15.8. The van der Waals surface area contributed by atoms with Crippen molar-refractivity contribution in [1.29, 1.82) is 0 Å². The van der Waals surface area contributed by atoms with Crippen LogP contribution >= 0.6 is 0 Å². The molecule has 0 aromatic heterocycles. The lowest BCUT2D eigenvalue weighted by molar-refractivity contribution is -0.114. The smallest absolute Gasteiger partial charge is 0.221 e. The number of ether oxygens (including phenoxy) is 2. The van der Waals surface area contributed by atoms with Crippen molar-refractivity contribution >= 4 is 11.6 Å². The van der Waals surface area contributed by atoms with E-state index < -0.39 is 6.10 Å². The van der Waals surface area contributed by atoms with E-state index in [1.54, 1.807) is 36.4 Å². The van der Waals surface area contributed by atoms with Crippen LogP contribution in [0.2, 0.25) is 0 Å². The molecule has 0 unspecified atom stereocenters. The molecule has 2 aromatic carbocycles. The lowest BCUT2D eigenvalue weighted by Gasteiger charge is -2.34. The van der Waals surface area contributed by atoms with Crippen LogP contribution < -0.4 is 10.1 Å². The molecule has 0 aliphatic carbocycles. The predicted octanol–water partition coefficient (Wildman–Crippen LogP) is 2.60. The summed E-state index contributed by atoms with van der Waals surface area (Å²) in [5, 5.41) is 13.0. The Hall–Kier alpha value is -2.48. The maximum atomic E-state index is 13.1. The van der Waals surface area contributed by atoms with Gasteiger partial charge in [-0.15, -0.1) is 0 Å². The average Bonchev–Trinajstić information content (AvgIpc) is 2.68. The first-order chi connectivity index (χ1) is 13.5. The number of aliphatic hydroxyl groups excluding tert-OH is 1. The van der Waals surface area contributed by atoms with Crippen LogP contribution in [0.4, 0.5) is 10.1 Å². The lowest BCUT2D eigenvalue weighted by atomic mass is 10.1. The van der Waals surface area contributed by atoms with Crippen LogP contribution in [0.3, 0.4) is 0 Å². The van der Waals surface area contributed by atoms with Crippen LogP contribution in [0, 0.1) is 5.82 Å². The second-order valence-electron chi connectivity index (χ2n) is 6.84.